The van der Waals surface area contributed by atoms with Crippen molar-refractivity contribution in [3.8, 4) is 0 Å². The lowest BCUT2D eigenvalue weighted by Crippen LogP contribution is -2.31. The van der Waals surface area contributed by atoms with Crippen LogP contribution in [0.5, 0.6) is 0 Å². The van der Waals surface area contributed by atoms with Gasteiger partial charge >= 0.3 is 6.03 Å². The van der Waals surface area contributed by atoms with E-state index in [0.29, 0.717) is 22.5 Å². The van der Waals surface area contributed by atoms with Gasteiger partial charge in [-0.2, -0.15) is 0 Å². The summed E-state index contributed by atoms with van der Waals surface area (Å²) < 4.78 is 13.0. The summed E-state index contributed by atoms with van der Waals surface area (Å²) in [5.74, 6) is -0.0708. The van der Waals surface area contributed by atoms with E-state index in [4.69, 9.17) is 10.8 Å². The number of aryl methyl sites for hydroxylation is 1. The van der Waals surface area contributed by atoms with Gasteiger partial charge in [0.25, 0.3) is 0 Å². The number of halogens is 1. The third-order valence-corrected chi connectivity index (χ3v) is 4.42. The average molecular weight is 446 g/mol. The van der Waals surface area contributed by atoms with E-state index in [1.807, 2.05) is 13.0 Å². The van der Waals surface area contributed by atoms with Crippen LogP contribution in [0.4, 0.5) is 32.1 Å². The van der Waals surface area contributed by atoms with Crippen LogP contribution in [0.25, 0.3) is 0 Å². The molecule has 0 bridgehead atoms. The first-order chi connectivity index (χ1) is 16.0. The summed E-state index contributed by atoms with van der Waals surface area (Å²) in [6.45, 7) is 1.96. The van der Waals surface area contributed by atoms with Gasteiger partial charge in [-0.15, -0.1) is 0 Å². The summed E-state index contributed by atoms with van der Waals surface area (Å²) in [7, 11) is 0. The minimum absolute atomic E-state index is 0.0853. The molecule has 0 saturated carbocycles. The molecule has 1 aromatic carbocycles. The summed E-state index contributed by atoms with van der Waals surface area (Å²) in [5, 5.41) is 26.5. The highest BCUT2D eigenvalue weighted by Gasteiger charge is 2.08. The molecule has 6 N–H and O–H groups in total. The van der Waals surface area contributed by atoms with Crippen molar-refractivity contribution in [1.82, 2.24) is 15.3 Å². The van der Waals surface area contributed by atoms with Crippen LogP contribution in [0.3, 0.4) is 0 Å². The van der Waals surface area contributed by atoms with Gasteiger partial charge in [-0.25, -0.2) is 14.2 Å². The monoisotopic (exact) mass is 446 g/mol. The zero-order valence-corrected chi connectivity index (χ0v) is 17.8. The number of hydrogen-bond donors (Lipinski definition) is 6. The molecule has 0 radical (unpaired) electrons. The predicted molar refractivity (Wildman–Crippen MR) is 128 cm³/mol. The van der Waals surface area contributed by atoms with E-state index in [1.54, 1.807) is 36.7 Å². The van der Waals surface area contributed by atoms with E-state index in [0.717, 1.165) is 23.8 Å². The first-order valence-corrected chi connectivity index (χ1v) is 9.93. The fourth-order valence-corrected chi connectivity index (χ4v) is 2.75. The van der Waals surface area contributed by atoms with Crippen LogP contribution in [-0.4, -0.2) is 35.0 Å². The minimum atomic E-state index is -0.515. The largest absolute Gasteiger partial charge is 0.361 e. The molecule has 0 atom stereocenters. The molecule has 2 heterocycles. The van der Waals surface area contributed by atoms with Crippen LogP contribution < -0.4 is 21.3 Å². The summed E-state index contributed by atoms with van der Waals surface area (Å²) in [5.41, 5.74) is 3.96. The van der Waals surface area contributed by atoms with Gasteiger partial charge in [0.2, 0.25) is 0 Å². The van der Waals surface area contributed by atoms with Crippen LogP contribution >= 0.6 is 0 Å². The molecule has 0 saturated heterocycles. The van der Waals surface area contributed by atoms with E-state index in [1.165, 1.54) is 18.3 Å². The van der Waals surface area contributed by atoms with Gasteiger partial charge in [0, 0.05) is 59.6 Å². The second-order valence-corrected chi connectivity index (χ2v) is 6.93. The van der Waals surface area contributed by atoms with Crippen LogP contribution in [-0.2, 0) is 0 Å². The number of nitrogens with one attached hydrogen (secondary N) is 6. The van der Waals surface area contributed by atoms with Crippen molar-refractivity contribution >= 4 is 41.3 Å². The van der Waals surface area contributed by atoms with Crippen LogP contribution in [0.1, 0.15) is 11.3 Å². The number of nitrogens with zero attached hydrogens (tertiary/aromatic N) is 2. The fourth-order valence-electron chi connectivity index (χ4n) is 2.75. The van der Waals surface area contributed by atoms with E-state index in [9.17, 15) is 9.18 Å². The molecule has 33 heavy (non-hydrogen) atoms. The maximum Gasteiger partial charge on any atom is 0.320 e. The maximum absolute atomic E-state index is 13.0. The molecule has 10 heteroatoms. The standard InChI is InChI=1S/C23H23FN8O/c1-15-8-20(6-7-27-15)31-21-14-29-22(9-17(21)11-26)32-23(33)30-13-16(10-25)12-28-19-4-2-18(24)3-5-19/h2-12,14,25-26,28H,13H2,1H3,(H,27,31)(H2,29,30,32,33)/b16-12+,25-10?,26-11?. The fraction of sp³-hybridized carbons (Fsp3) is 0.0870. The third-order valence-electron chi connectivity index (χ3n) is 4.42. The van der Waals surface area contributed by atoms with Crippen LogP contribution in [0.15, 0.2) is 66.6 Å². The lowest BCUT2D eigenvalue weighted by atomic mass is 10.2. The molecule has 2 aromatic heterocycles. The van der Waals surface area contributed by atoms with E-state index < -0.39 is 6.03 Å². The van der Waals surface area contributed by atoms with Gasteiger partial charge in [0.1, 0.15) is 11.6 Å². The molecule has 168 valence electrons. The Balaban J connectivity index is 1.57. The number of hydrogen-bond acceptors (Lipinski definition) is 7. The molecule has 0 aliphatic rings. The molecule has 3 rings (SSSR count). The maximum atomic E-state index is 13.0. The number of aromatic nitrogens is 2. The van der Waals surface area contributed by atoms with Crippen molar-refractivity contribution in [3.05, 3.63) is 83.7 Å². The first kappa shape index (κ1) is 23.1. The Labute approximate surface area is 190 Å². The number of carbonyl (C=O) groups excluding carboxylic acids is 1. The Morgan fingerprint density at radius 1 is 1.09 bits per heavy atom. The lowest BCUT2D eigenvalue weighted by Gasteiger charge is -2.12. The molecule has 2 amide bonds. The molecular formula is C23H23FN8O. The Kier molecular flexibility index (Phi) is 7.79. The van der Waals surface area contributed by atoms with Crippen LogP contribution in [0, 0.1) is 23.6 Å². The van der Waals surface area contributed by atoms with Gasteiger partial charge in [-0.05, 0) is 49.4 Å². The number of carbonyl (C=O) groups is 1. The Bertz CT molecular complexity index is 1180. The quantitative estimate of drug-likeness (QED) is 0.270. The van der Waals surface area contributed by atoms with Crippen molar-refractivity contribution in [2.45, 2.75) is 6.92 Å². The van der Waals surface area contributed by atoms with Crippen LogP contribution in [0.2, 0.25) is 0 Å². The minimum Gasteiger partial charge on any atom is -0.361 e. The number of pyridine rings is 2. The molecule has 0 aliphatic carbocycles. The molecular weight excluding hydrogens is 423 g/mol. The first-order valence-electron chi connectivity index (χ1n) is 9.93. The molecule has 9 nitrogen and oxygen atoms in total. The van der Waals surface area contributed by atoms with E-state index in [-0.39, 0.29) is 18.2 Å². The molecule has 0 spiro atoms. The predicted octanol–water partition coefficient (Wildman–Crippen LogP) is 4.43. The second-order valence-electron chi connectivity index (χ2n) is 6.93. The normalized spacial score (nSPS) is 10.8. The number of rotatable bonds is 9. The number of anilines is 4. The zero-order valence-electron chi connectivity index (χ0n) is 17.8. The van der Waals surface area contributed by atoms with Crippen molar-refractivity contribution < 1.29 is 9.18 Å². The highest BCUT2D eigenvalue weighted by atomic mass is 19.1. The molecule has 0 aliphatic heterocycles. The van der Waals surface area contributed by atoms with Crippen molar-refractivity contribution in [3.63, 3.8) is 0 Å². The number of benzene rings is 1. The van der Waals surface area contributed by atoms with Crippen molar-refractivity contribution in [2.24, 2.45) is 0 Å². The smallest absolute Gasteiger partial charge is 0.320 e. The summed E-state index contributed by atoms with van der Waals surface area (Å²) in [4.78, 5) is 20.6. The Morgan fingerprint density at radius 3 is 2.58 bits per heavy atom. The highest BCUT2D eigenvalue weighted by molar-refractivity contribution is 5.93. The van der Waals surface area contributed by atoms with E-state index in [2.05, 4.69) is 31.2 Å². The molecule has 0 unspecified atom stereocenters. The SMILES string of the molecule is Cc1cc(Nc2cnc(NC(=O)NC/C(C=N)=C/Nc3ccc(F)cc3)cc2C=N)ccn1. The summed E-state index contributed by atoms with van der Waals surface area (Å²) in [6.07, 6.45) is 7.03. The van der Waals surface area contributed by atoms with Crippen molar-refractivity contribution in [1.29, 1.82) is 10.8 Å². The van der Waals surface area contributed by atoms with Crippen molar-refractivity contribution in [2.75, 3.05) is 22.5 Å². The summed E-state index contributed by atoms with van der Waals surface area (Å²) in [6, 6.07) is 10.5. The Morgan fingerprint density at radius 2 is 1.88 bits per heavy atom. The van der Waals surface area contributed by atoms with E-state index >= 15 is 0 Å². The van der Waals surface area contributed by atoms with Gasteiger partial charge in [-0.1, -0.05) is 0 Å². The second kappa shape index (κ2) is 11.1. The third kappa shape index (κ3) is 6.96. The number of amides is 2. The summed E-state index contributed by atoms with van der Waals surface area (Å²) >= 11 is 0. The number of urea groups is 1. The highest BCUT2D eigenvalue weighted by Crippen LogP contribution is 2.21. The Hall–Kier alpha value is -4.60. The molecule has 0 fully saturated rings. The zero-order chi connectivity index (χ0) is 23.6. The average Bonchev–Trinajstić information content (AvgIpc) is 2.81. The molecule has 3 aromatic rings. The topological polar surface area (TPSA) is 139 Å². The van der Waals surface area contributed by atoms with Gasteiger partial charge in [-0.3, -0.25) is 10.3 Å². The lowest BCUT2D eigenvalue weighted by molar-refractivity contribution is 0.253. The van der Waals surface area contributed by atoms with Gasteiger partial charge in [0.15, 0.2) is 0 Å². The van der Waals surface area contributed by atoms with Gasteiger partial charge < -0.3 is 26.8 Å². The van der Waals surface area contributed by atoms with Gasteiger partial charge in [0.05, 0.1) is 11.9 Å².